The second-order valence-corrected chi connectivity index (χ2v) is 4.59. The predicted molar refractivity (Wildman–Crippen MR) is 72.7 cm³/mol. The molecule has 0 fully saturated rings. The van der Waals surface area contributed by atoms with Crippen LogP contribution in [0.5, 0.6) is 0 Å². The van der Waals surface area contributed by atoms with E-state index in [-0.39, 0.29) is 23.6 Å². The van der Waals surface area contributed by atoms with Gasteiger partial charge in [0.1, 0.15) is 6.04 Å². The largest absolute Gasteiger partial charge is 0.344 e. The fraction of sp³-hybridized carbons (Fsp3) is 0.545. The molecular weight excluding hydrogens is 252 g/mol. The molecule has 0 saturated heterocycles. The summed E-state index contributed by atoms with van der Waals surface area (Å²) < 4.78 is 1.74. The Balaban J connectivity index is 2.64. The van der Waals surface area contributed by atoms with Gasteiger partial charge in [0.05, 0.1) is 11.9 Å². The van der Waals surface area contributed by atoms with E-state index >= 15 is 0 Å². The Bertz CT molecular complexity index is 430. The SMILES string of the molecule is CC(=O)NC(CS)C(=O)Nc1cnn(C(C)C)c1. The molecule has 7 heteroatoms. The van der Waals surface area contributed by atoms with Crippen LogP contribution in [0.2, 0.25) is 0 Å². The average Bonchev–Trinajstić information content (AvgIpc) is 2.74. The molecular formula is C11H18N4O2S. The van der Waals surface area contributed by atoms with Crippen LogP contribution in [0.25, 0.3) is 0 Å². The lowest BCUT2D eigenvalue weighted by Crippen LogP contribution is -2.44. The first-order chi connectivity index (χ1) is 8.43. The van der Waals surface area contributed by atoms with E-state index < -0.39 is 6.04 Å². The minimum atomic E-state index is -0.645. The number of carbonyl (C=O) groups excluding carboxylic acids is 2. The van der Waals surface area contributed by atoms with Crippen LogP contribution in [0.3, 0.4) is 0 Å². The van der Waals surface area contributed by atoms with Gasteiger partial charge in [-0.05, 0) is 13.8 Å². The summed E-state index contributed by atoms with van der Waals surface area (Å²) in [6.45, 7) is 5.35. The van der Waals surface area contributed by atoms with E-state index in [0.29, 0.717) is 5.69 Å². The molecule has 0 saturated carbocycles. The molecule has 1 heterocycles. The van der Waals surface area contributed by atoms with Crippen molar-refractivity contribution >= 4 is 30.1 Å². The van der Waals surface area contributed by atoms with Crippen LogP contribution in [-0.2, 0) is 9.59 Å². The van der Waals surface area contributed by atoms with Gasteiger partial charge in [-0.3, -0.25) is 14.3 Å². The van der Waals surface area contributed by atoms with Crippen molar-refractivity contribution < 1.29 is 9.59 Å². The van der Waals surface area contributed by atoms with E-state index in [1.54, 1.807) is 17.1 Å². The second-order valence-electron chi connectivity index (χ2n) is 4.23. The summed E-state index contributed by atoms with van der Waals surface area (Å²) in [7, 11) is 0. The Morgan fingerprint density at radius 1 is 1.50 bits per heavy atom. The van der Waals surface area contributed by atoms with Crippen LogP contribution in [0, 0.1) is 0 Å². The summed E-state index contributed by atoms with van der Waals surface area (Å²) in [6, 6.07) is -0.417. The van der Waals surface area contributed by atoms with Crippen LogP contribution in [0.1, 0.15) is 26.8 Å². The van der Waals surface area contributed by atoms with E-state index in [0.717, 1.165) is 0 Å². The molecule has 6 nitrogen and oxygen atoms in total. The summed E-state index contributed by atoms with van der Waals surface area (Å²) in [4.78, 5) is 22.8. The van der Waals surface area contributed by atoms with Gasteiger partial charge < -0.3 is 10.6 Å². The second kappa shape index (κ2) is 6.44. The van der Waals surface area contributed by atoms with Crippen molar-refractivity contribution in [3.05, 3.63) is 12.4 Å². The van der Waals surface area contributed by atoms with E-state index in [4.69, 9.17) is 0 Å². The first-order valence-electron chi connectivity index (χ1n) is 5.67. The molecule has 2 amide bonds. The Kier molecular flexibility index (Phi) is 5.21. The topological polar surface area (TPSA) is 76.0 Å². The highest BCUT2D eigenvalue weighted by Crippen LogP contribution is 2.10. The number of nitrogens with zero attached hydrogens (tertiary/aromatic N) is 2. The third kappa shape index (κ3) is 4.06. The van der Waals surface area contributed by atoms with Crippen molar-refractivity contribution in [2.24, 2.45) is 0 Å². The third-order valence-electron chi connectivity index (χ3n) is 2.27. The molecule has 0 aliphatic rings. The lowest BCUT2D eigenvalue weighted by atomic mass is 10.3. The van der Waals surface area contributed by atoms with Crippen LogP contribution in [-0.4, -0.2) is 33.4 Å². The summed E-state index contributed by atoms with van der Waals surface area (Å²) in [5.74, 6) is -0.324. The molecule has 1 aromatic rings. The van der Waals surface area contributed by atoms with Gasteiger partial charge in [-0.15, -0.1) is 0 Å². The normalized spacial score (nSPS) is 12.3. The zero-order chi connectivity index (χ0) is 13.7. The number of carbonyl (C=O) groups is 2. The minimum absolute atomic E-state index is 0.228. The van der Waals surface area contributed by atoms with Gasteiger partial charge in [0, 0.05) is 24.9 Å². The highest BCUT2D eigenvalue weighted by Gasteiger charge is 2.18. The number of amides is 2. The van der Waals surface area contributed by atoms with Crippen LogP contribution < -0.4 is 10.6 Å². The van der Waals surface area contributed by atoms with Crippen molar-refractivity contribution in [2.45, 2.75) is 32.9 Å². The van der Waals surface area contributed by atoms with E-state index in [9.17, 15) is 9.59 Å². The lowest BCUT2D eigenvalue weighted by molar-refractivity contribution is -0.124. The minimum Gasteiger partial charge on any atom is -0.344 e. The predicted octanol–water partition coefficient (Wildman–Crippen LogP) is 0.837. The first-order valence-corrected chi connectivity index (χ1v) is 6.30. The van der Waals surface area contributed by atoms with E-state index in [1.807, 2.05) is 13.8 Å². The monoisotopic (exact) mass is 270 g/mol. The number of hydrogen-bond donors (Lipinski definition) is 3. The van der Waals surface area contributed by atoms with Crippen molar-refractivity contribution in [1.29, 1.82) is 0 Å². The maximum absolute atomic E-state index is 11.8. The summed E-state index contributed by atoms with van der Waals surface area (Å²) in [5, 5.41) is 9.32. The molecule has 0 bridgehead atoms. The molecule has 1 aromatic heterocycles. The first kappa shape index (κ1) is 14.6. The van der Waals surface area contributed by atoms with Gasteiger partial charge in [-0.1, -0.05) is 0 Å². The number of thiol groups is 1. The molecule has 0 spiro atoms. The zero-order valence-corrected chi connectivity index (χ0v) is 11.6. The van der Waals surface area contributed by atoms with Crippen molar-refractivity contribution in [3.8, 4) is 0 Å². The van der Waals surface area contributed by atoms with Gasteiger partial charge in [0.15, 0.2) is 0 Å². The molecule has 2 N–H and O–H groups in total. The molecule has 100 valence electrons. The molecule has 1 atom stereocenters. The molecule has 1 rings (SSSR count). The van der Waals surface area contributed by atoms with Gasteiger partial charge in [0.2, 0.25) is 11.8 Å². The number of anilines is 1. The maximum atomic E-state index is 11.8. The van der Waals surface area contributed by atoms with E-state index in [1.165, 1.54) is 6.92 Å². The Morgan fingerprint density at radius 2 is 2.17 bits per heavy atom. The molecule has 0 aromatic carbocycles. The van der Waals surface area contributed by atoms with Crippen LogP contribution in [0.4, 0.5) is 5.69 Å². The van der Waals surface area contributed by atoms with Crippen molar-refractivity contribution in [2.75, 3.05) is 11.1 Å². The third-order valence-corrected chi connectivity index (χ3v) is 2.64. The Labute approximate surface area is 112 Å². The molecule has 18 heavy (non-hydrogen) atoms. The Hall–Kier alpha value is -1.50. The fourth-order valence-electron chi connectivity index (χ4n) is 1.35. The highest BCUT2D eigenvalue weighted by molar-refractivity contribution is 7.80. The van der Waals surface area contributed by atoms with Crippen LogP contribution in [0.15, 0.2) is 12.4 Å². The summed E-state index contributed by atoms with van der Waals surface area (Å²) in [6.07, 6.45) is 3.31. The summed E-state index contributed by atoms with van der Waals surface area (Å²) in [5.41, 5.74) is 0.603. The zero-order valence-electron chi connectivity index (χ0n) is 10.7. The van der Waals surface area contributed by atoms with Crippen LogP contribution >= 0.6 is 12.6 Å². The smallest absolute Gasteiger partial charge is 0.247 e. The number of rotatable bonds is 5. The average molecular weight is 270 g/mol. The standard InChI is InChI=1S/C11H18N4O2S/c1-7(2)15-5-9(4-12-15)14-11(17)10(6-18)13-8(3)16/h4-5,7,10,18H,6H2,1-3H3,(H,13,16)(H,14,17). The Morgan fingerprint density at radius 3 is 2.61 bits per heavy atom. The maximum Gasteiger partial charge on any atom is 0.247 e. The number of nitrogens with one attached hydrogen (secondary N) is 2. The van der Waals surface area contributed by atoms with Crippen molar-refractivity contribution in [3.63, 3.8) is 0 Å². The van der Waals surface area contributed by atoms with Crippen molar-refractivity contribution in [1.82, 2.24) is 15.1 Å². The lowest BCUT2D eigenvalue weighted by Gasteiger charge is -2.14. The highest BCUT2D eigenvalue weighted by atomic mass is 32.1. The molecule has 0 aliphatic carbocycles. The number of hydrogen-bond acceptors (Lipinski definition) is 4. The molecule has 0 aliphatic heterocycles. The summed E-state index contributed by atoms with van der Waals surface area (Å²) >= 11 is 4.04. The molecule has 0 radical (unpaired) electrons. The van der Waals surface area contributed by atoms with Gasteiger partial charge in [0.25, 0.3) is 0 Å². The van der Waals surface area contributed by atoms with Gasteiger partial charge in [-0.2, -0.15) is 17.7 Å². The van der Waals surface area contributed by atoms with E-state index in [2.05, 4.69) is 28.4 Å². The molecule has 1 unspecified atom stereocenters. The van der Waals surface area contributed by atoms with Gasteiger partial charge >= 0.3 is 0 Å². The quantitative estimate of drug-likeness (QED) is 0.694. The fourth-order valence-corrected chi connectivity index (χ4v) is 1.61. The number of aromatic nitrogens is 2. The van der Waals surface area contributed by atoms with Gasteiger partial charge in [-0.25, -0.2) is 0 Å².